The Morgan fingerprint density at radius 2 is 2.25 bits per heavy atom. The molecule has 0 aromatic carbocycles. The van der Waals surface area contributed by atoms with Crippen LogP contribution in [0.2, 0.25) is 0 Å². The van der Waals surface area contributed by atoms with Crippen LogP contribution in [0.5, 0.6) is 0 Å². The molecule has 7 heteroatoms. The SMILES string of the molecule is CN=C(NCCCCC(=O)OC)NCc1ccnn1C. The molecule has 0 unspecified atom stereocenters. The molecular formula is C13H23N5O2. The summed E-state index contributed by atoms with van der Waals surface area (Å²) in [6.07, 6.45) is 3.92. The Hall–Kier alpha value is -2.05. The number of methoxy groups -OCH3 is 1. The zero-order chi connectivity index (χ0) is 14.8. The fourth-order valence-electron chi connectivity index (χ4n) is 1.67. The van der Waals surface area contributed by atoms with Crippen molar-refractivity contribution in [3.05, 3.63) is 18.0 Å². The van der Waals surface area contributed by atoms with Crippen molar-refractivity contribution in [1.82, 2.24) is 20.4 Å². The molecule has 20 heavy (non-hydrogen) atoms. The van der Waals surface area contributed by atoms with Crippen LogP contribution in [0.15, 0.2) is 17.3 Å². The number of aliphatic imine (C=N–C) groups is 1. The molecule has 112 valence electrons. The van der Waals surface area contributed by atoms with Gasteiger partial charge in [0.25, 0.3) is 0 Å². The van der Waals surface area contributed by atoms with Crippen molar-refractivity contribution in [3.8, 4) is 0 Å². The highest BCUT2D eigenvalue weighted by atomic mass is 16.5. The average molecular weight is 281 g/mol. The summed E-state index contributed by atoms with van der Waals surface area (Å²) >= 11 is 0. The van der Waals surface area contributed by atoms with Gasteiger partial charge >= 0.3 is 5.97 Å². The summed E-state index contributed by atoms with van der Waals surface area (Å²) < 4.78 is 6.40. The van der Waals surface area contributed by atoms with Gasteiger partial charge in [-0.3, -0.25) is 14.5 Å². The van der Waals surface area contributed by atoms with E-state index in [1.54, 1.807) is 13.2 Å². The van der Waals surface area contributed by atoms with E-state index in [0.717, 1.165) is 31.0 Å². The molecule has 0 saturated carbocycles. The first kappa shape index (κ1) is 16.0. The van der Waals surface area contributed by atoms with Gasteiger partial charge in [0, 0.05) is 33.3 Å². The predicted molar refractivity (Wildman–Crippen MR) is 77.3 cm³/mol. The lowest BCUT2D eigenvalue weighted by molar-refractivity contribution is -0.140. The molecule has 0 saturated heterocycles. The number of aromatic nitrogens is 2. The lowest BCUT2D eigenvalue weighted by atomic mass is 10.2. The smallest absolute Gasteiger partial charge is 0.305 e. The summed E-state index contributed by atoms with van der Waals surface area (Å²) in [7, 11) is 5.04. The second-order valence-electron chi connectivity index (χ2n) is 4.33. The van der Waals surface area contributed by atoms with E-state index in [4.69, 9.17) is 0 Å². The van der Waals surface area contributed by atoms with Crippen LogP contribution in [0.3, 0.4) is 0 Å². The molecule has 1 heterocycles. The molecule has 7 nitrogen and oxygen atoms in total. The minimum atomic E-state index is -0.163. The summed E-state index contributed by atoms with van der Waals surface area (Å²) in [6.45, 7) is 1.43. The van der Waals surface area contributed by atoms with Gasteiger partial charge < -0.3 is 15.4 Å². The number of nitrogens with zero attached hydrogens (tertiary/aromatic N) is 3. The third kappa shape index (κ3) is 5.73. The number of nitrogens with one attached hydrogen (secondary N) is 2. The van der Waals surface area contributed by atoms with Crippen molar-refractivity contribution in [2.45, 2.75) is 25.8 Å². The molecule has 0 radical (unpaired) electrons. The van der Waals surface area contributed by atoms with Crippen LogP contribution in [0, 0.1) is 0 Å². The Labute approximate surface area is 119 Å². The molecule has 1 rings (SSSR count). The summed E-state index contributed by atoms with van der Waals surface area (Å²) in [5.74, 6) is 0.577. The van der Waals surface area contributed by atoms with Gasteiger partial charge in [-0.15, -0.1) is 0 Å². The largest absolute Gasteiger partial charge is 0.469 e. The third-order valence-electron chi connectivity index (χ3n) is 2.91. The monoisotopic (exact) mass is 281 g/mol. The maximum absolute atomic E-state index is 10.9. The molecule has 0 atom stereocenters. The molecule has 0 amide bonds. The fourth-order valence-corrected chi connectivity index (χ4v) is 1.67. The van der Waals surface area contributed by atoms with Crippen LogP contribution < -0.4 is 10.6 Å². The van der Waals surface area contributed by atoms with Gasteiger partial charge in [-0.05, 0) is 18.9 Å². The Bertz CT molecular complexity index is 442. The highest BCUT2D eigenvalue weighted by Crippen LogP contribution is 1.96. The molecular weight excluding hydrogens is 258 g/mol. The average Bonchev–Trinajstić information content (AvgIpc) is 2.87. The minimum absolute atomic E-state index is 0.163. The summed E-state index contributed by atoms with van der Waals surface area (Å²) in [4.78, 5) is 15.1. The van der Waals surface area contributed by atoms with Gasteiger partial charge in [-0.1, -0.05) is 0 Å². The van der Waals surface area contributed by atoms with Crippen molar-refractivity contribution in [2.75, 3.05) is 20.7 Å². The first-order valence-electron chi connectivity index (χ1n) is 6.65. The summed E-state index contributed by atoms with van der Waals surface area (Å²) in [6, 6.07) is 1.95. The van der Waals surface area contributed by atoms with Crippen LogP contribution in [-0.2, 0) is 23.1 Å². The van der Waals surface area contributed by atoms with E-state index in [2.05, 4.69) is 25.5 Å². The number of aryl methyl sites for hydroxylation is 1. The van der Waals surface area contributed by atoms with Crippen molar-refractivity contribution in [2.24, 2.45) is 12.0 Å². The number of carbonyl (C=O) groups is 1. The topological polar surface area (TPSA) is 80.5 Å². The molecule has 0 fully saturated rings. The van der Waals surface area contributed by atoms with Gasteiger partial charge in [0.15, 0.2) is 5.96 Å². The molecule has 0 bridgehead atoms. The van der Waals surface area contributed by atoms with E-state index in [0.29, 0.717) is 13.0 Å². The molecule has 0 aliphatic rings. The normalized spacial score (nSPS) is 11.2. The van der Waals surface area contributed by atoms with Crippen LogP contribution in [0.4, 0.5) is 0 Å². The zero-order valence-electron chi connectivity index (χ0n) is 12.3. The number of hydrogen-bond acceptors (Lipinski definition) is 4. The quantitative estimate of drug-likeness (QED) is 0.328. The van der Waals surface area contributed by atoms with Crippen molar-refractivity contribution in [1.29, 1.82) is 0 Å². The van der Waals surface area contributed by atoms with Gasteiger partial charge in [0.2, 0.25) is 0 Å². The molecule has 0 aliphatic carbocycles. The lowest BCUT2D eigenvalue weighted by Crippen LogP contribution is -2.37. The Morgan fingerprint density at radius 1 is 1.45 bits per heavy atom. The number of ether oxygens (including phenoxy) is 1. The van der Waals surface area contributed by atoms with Crippen LogP contribution in [0.25, 0.3) is 0 Å². The van der Waals surface area contributed by atoms with Crippen molar-refractivity contribution >= 4 is 11.9 Å². The van der Waals surface area contributed by atoms with Crippen molar-refractivity contribution < 1.29 is 9.53 Å². The van der Waals surface area contributed by atoms with E-state index < -0.39 is 0 Å². The van der Waals surface area contributed by atoms with Gasteiger partial charge in [-0.2, -0.15) is 5.10 Å². The minimum Gasteiger partial charge on any atom is -0.469 e. The lowest BCUT2D eigenvalue weighted by Gasteiger charge is -2.11. The highest BCUT2D eigenvalue weighted by molar-refractivity contribution is 5.79. The van der Waals surface area contributed by atoms with Gasteiger partial charge in [0.05, 0.1) is 19.3 Å². The van der Waals surface area contributed by atoms with E-state index in [9.17, 15) is 4.79 Å². The van der Waals surface area contributed by atoms with E-state index in [1.165, 1.54) is 7.11 Å². The first-order chi connectivity index (χ1) is 9.67. The van der Waals surface area contributed by atoms with Crippen LogP contribution in [0.1, 0.15) is 25.0 Å². The maximum Gasteiger partial charge on any atom is 0.305 e. The highest BCUT2D eigenvalue weighted by Gasteiger charge is 2.02. The molecule has 2 N–H and O–H groups in total. The standard InChI is InChI=1S/C13H23N5O2/c1-14-13(15-8-5-4-6-12(19)20-3)16-10-11-7-9-17-18(11)2/h7,9H,4-6,8,10H2,1-3H3,(H2,14,15,16). The van der Waals surface area contributed by atoms with E-state index >= 15 is 0 Å². The summed E-state index contributed by atoms with van der Waals surface area (Å²) in [5.41, 5.74) is 1.08. The Morgan fingerprint density at radius 3 is 2.85 bits per heavy atom. The van der Waals surface area contributed by atoms with E-state index in [1.807, 2.05) is 17.8 Å². The molecule has 0 aliphatic heterocycles. The van der Waals surface area contributed by atoms with Crippen LogP contribution in [-0.4, -0.2) is 42.4 Å². The number of guanidine groups is 1. The number of unbranched alkanes of at least 4 members (excludes halogenated alkanes) is 1. The van der Waals surface area contributed by atoms with Crippen LogP contribution >= 0.6 is 0 Å². The first-order valence-corrected chi connectivity index (χ1v) is 6.65. The number of rotatable bonds is 7. The second kappa shape index (κ2) is 8.95. The zero-order valence-corrected chi connectivity index (χ0v) is 12.3. The van der Waals surface area contributed by atoms with Gasteiger partial charge in [-0.25, -0.2) is 0 Å². The molecule has 1 aromatic heterocycles. The molecule has 1 aromatic rings. The maximum atomic E-state index is 10.9. The summed E-state index contributed by atoms with van der Waals surface area (Å²) in [5, 5.41) is 10.5. The Kier molecular flexibility index (Phi) is 7.16. The fraction of sp³-hybridized carbons (Fsp3) is 0.615. The third-order valence-corrected chi connectivity index (χ3v) is 2.91. The van der Waals surface area contributed by atoms with E-state index in [-0.39, 0.29) is 5.97 Å². The second-order valence-corrected chi connectivity index (χ2v) is 4.33. The van der Waals surface area contributed by atoms with Crippen molar-refractivity contribution in [3.63, 3.8) is 0 Å². The Balaban J connectivity index is 2.17. The predicted octanol–water partition coefficient (Wildman–Crippen LogP) is 0.428. The molecule has 0 spiro atoms. The number of carbonyl (C=O) groups excluding carboxylic acids is 1. The number of esters is 1. The van der Waals surface area contributed by atoms with Gasteiger partial charge in [0.1, 0.15) is 0 Å². The number of hydrogen-bond donors (Lipinski definition) is 2.